The van der Waals surface area contributed by atoms with Crippen molar-refractivity contribution in [2.45, 2.75) is 0 Å². The van der Waals surface area contributed by atoms with Crippen LogP contribution in [0.1, 0.15) is 0 Å². The fourth-order valence-electron chi connectivity index (χ4n) is 1.61. The van der Waals surface area contributed by atoms with Crippen LogP contribution in [0.4, 0.5) is 15.9 Å². The van der Waals surface area contributed by atoms with E-state index >= 15 is 0 Å². The van der Waals surface area contributed by atoms with Crippen LogP contribution in [0.15, 0.2) is 42.5 Å². The van der Waals surface area contributed by atoms with Crippen molar-refractivity contribution in [3.63, 3.8) is 0 Å². The summed E-state index contributed by atoms with van der Waals surface area (Å²) >= 11 is 0. The highest BCUT2D eigenvalue weighted by atomic mass is 19.1. The van der Waals surface area contributed by atoms with Gasteiger partial charge >= 0.3 is 0 Å². The quantitative estimate of drug-likeness (QED) is 0.761. The molecule has 1 heterocycles. The second-order valence-corrected chi connectivity index (χ2v) is 3.55. The zero-order valence-corrected chi connectivity index (χ0v) is 9.72. The Labute approximate surface area is 99.5 Å². The number of nitrogens with zero attached hydrogens (tertiary/aromatic N) is 2. The van der Waals surface area contributed by atoms with E-state index in [2.05, 4.69) is 4.98 Å². The lowest BCUT2D eigenvalue weighted by atomic mass is 10.2. The summed E-state index contributed by atoms with van der Waals surface area (Å²) in [6.07, 6.45) is 0. The maximum absolute atomic E-state index is 13.1. The monoisotopic (exact) mass is 232 g/mol. The lowest BCUT2D eigenvalue weighted by Crippen LogP contribution is -2.12. The third-order valence-corrected chi connectivity index (χ3v) is 2.49. The Kier molecular flexibility index (Phi) is 3.23. The molecule has 0 saturated heterocycles. The molecule has 4 heteroatoms. The van der Waals surface area contributed by atoms with E-state index in [-0.39, 0.29) is 0 Å². The summed E-state index contributed by atoms with van der Waals surface area (Å²) < 4.78 is 18.3. The van der Waals surface area contributed by atoms with Crippen LogP contribution in [0.25, 0.3) is 0 Å². The Morgan fingerprint density at radius 1 is 1.12 bits per heavy atom. The molecule has 2 aromatic rings. The molecule has 17 heavy (non-hydrogen) atoms. The normalized spacial score (nSPS) is 10.1. The molecule has 0 fully saturated rings. The Morgan fingerprint density at radius 2 is 1.88 bits per heavy atom. The first kappa shape index (κ1) is 11.4. The first-order chi connectivity index (χ1) is 8.22. The van der Waals surface area contributed by atoms with Crippen molar-refractivity contribution in [2.24, 2.45) is 0 Å². The Bertz CT molecular complexity index is 516. The van der Waals surface area contributed by atoms with E-state index in [1.54, 1.807) is 24.1 Å². The molecule has 0 aliphatic carbocycles. The Balaban J connectivity index is 2.40. The minimum atomic E-state index is -0.496. The van der Waals surface area contributed by atoms with E-state index in [0.717, 1.165) is 11.4 Å². The van der Waals surface area contributed by atoms with Crippen LogP contribution < -0.4 is 9.64 Å². The van der Waals surface area contributed by atoms with Gasteiger partial charge in [-0.2, -0.15) is 4.39 Å². The molecule has 0 spiro atoms. The van der Waals surface area contributed by atoms with Crippen LogP contribution in [0.3, 0.4) is 0 Å². The summed E-state index contributed by atoms with van der Waals surface area (Å²) in [6.45, 7) is 0. The average molecular weight is 232 g/mol. The van der Waals surface area contributed by atoms with E-state index < -0.39 is 5.95 Å². The first-order valence-corrected chi connectivity index (χ1v) is 5.21. The molecule has 1 aromatic carbocycles. The van der Waals surface area contributed by atoms with Crippen molar-refractivity contribution in [2.75, 3.05) is 19.1 Å². The summed E-state index contributed by atoms with van der Waals surface area (Å²) in [6, 6.07) is 12.2. The van der Waals surface area contributed by atoms with Gasteiger partial charge in [0.1, 0.15) is 11.6 Å². The minimum Gasteiger partial charge on any atom is -0.495 e. The van der Waals surface area contributed by atoms with Gasteiger partial charge in [0.2, 0.25) is 5.95 Å². The number of halogens is 1. The highest BCUT2D eigenvalue weighted by Gasteiger charge is 2.10. The number of aromatic nitrogens is 1. The van der Waals surface area contributed by atoms with Gasteiger partial charge in [0.05, 0.1) is 12.8 Å². The lowest BCUT2D eigenvalue weighted by Gasteiger charge is -2.20. The van der Waals surface area contributed by atoms with Crippen LogP contribution in [-0.4, -0.2) is 19.1 Å². The van der Waals surface area contributed by atoms with Gasteiger partial charge in [-0.15, -0.1) is 0 Å². The molecule has 0 bridgehead atoms. The fraction of sp³-hybridized carbons (Fsp3) is 0.154. The summed E-state index contributed by atoms with van der Waals surface area (Å²) in [4.78, 5) is 5.61. The second kappa shape index (κ2) is 4.82. The highest BCUT2D eigenvalue weighted by Crippen LogP contribution is 2.30. The number of hydrogen-bond acceptors (Lipinski definition) is 3. The largest absolute Gasteiger partial charge is 0.495 e. The number of anilines is 2. The van der Waals surface area contributed by atoms with E-state index in [1.807, 2.05) is 31.3 Å². The van der Waals surface area contributed by atoms with E-state index in [0.29, 0.717) is 5.82 Å². The highest BCUT2D eigenvalue weighted by molar-refractivity contribution is 5.66. The van der Waals surface area contributed by atoms with Crippen LogP contribution >= 0.6 is 0 Å². The molecule has 1 aromatic heterocycles. The van der Waals surface area contributed by atoms with Gasteiger partial charge in [0.15, 0.2) is 0 Å². The smallest absolute Gasteiger partial charge is 0.214 e. The van der Waals surface area contributed by atoms with E-state index in [9.17, 15) is 4.39 Å². The van der Waals surface area contributed by atoms with Crippen LogP contribution in [0.2, 0.25) is 0 Å². The van der Waals surface area contributed by atoms with Crippen molar-refractivity contribution < 1.29 is 9.13 Å². The van der Waals surface area contributed by atoms with Gasteiger partial charge in [0.25, 0.3) is 0 Å². The number of hydrogen-bond donors (Lipinski definition) is 0. The maximum atomic E-state index is 13.1. The van der Waals surface area contributed by atoms with Crippen LogP contribution in [-0.2, 0) is 0 Å². The number of benzene rings is 1. The summed E-state index contributed by atoms with van der Waals surface area (Å²) in [5, 5.41) is 0. The number of para-hydroxylation sites is 2. The zero-order valence-electron chi connectivity index (χ0n) is 9.72. The summed E-state index contributed by atoms with van der Waals surface area (Å²) in [5.41, 5.74) is 0.841. The molecular weight excluding hydrogens is 219 g/mol. The molecule has 0 aliphatic heterocycles. The molecular formula is C13H13FN2O. The molecule has 2 rings (SSSR count). The van der Waals surface area contributed by atoms with Crippen molar-refractivity contribution in [3.8, 4) is 5.75 Å². The molecule has 0 atom stereocenters. The lowest BCUT2D eigenvalue weighted by molar-refractivity contribution is 0.415. The Hall–Kier alpha value is -2.10. The van der Waals surface area contributed by atoms with Crippen LogP contribution in [0, 0.1) is 5.95 Å². The zero-order chi connectivity index (χ0) is 12.3. The molecule has 3 nitrogen and oxygen atoms in total. The Morgan fingerprint density at radius 3 is 2.59 bits per heavy atom. The first-order valence-electron chi connectivity index (χ1n) is 5.21. The second-order valence-electron chi connectivity index (χ2n) is 3.55. The van der Waals surface area contributed by atoms with Gasteiger partial charge in [-0.3, -0.25) is 0 Å². The van der Waals surface area contributed by atoms with Gasteiger partial charge in [-0.05, 0) is 24.3 Å². The third kappa shape index (κ3) is 2.36. The molecule has 0 radical (unpaired) electrons. The average Bonchev–Trinajstić information content (AvgIpc) is 2.38. The fourth-order valence-corrected chi connectivity index (χ4v) is 1.61. The van der Waals surface area contributed by atoms with Crippen molar-refractivity contribution >= 4 is 11.5 Å². The predicted molar refractivity (Wildman–Crippen MR) is 65.3 cm³/mol. The number of methoxy groups -OCH3 is 1. The van der Waals surface area contributed by atoms with E-state index in [1.165, 1.54) is 6.07 Å². The standard InChI is InChI=1S/C13H13FN2O/c1-16(13-9-5-8-12(14)15-13)10-6-3-4-7-11(10)17-2/h3-9H,1-2H3. The molecule has 88 valence electrons. The van der Waals surface area contributed by atoms with E-state index in [4.69, 9.17) is 4.74 Å². The third-order valence-electron chi connectivity index (χ3n) is 2.49. The molecule has 0 saturated carbocycles. The van der Waals surface area contributed by atoms with Crippen LogP contribution in [0.5, 0.6) is 5.75 Å². The summed E-state index contributed by atoms with van der Waals surface area (Å²) in [7, 11) is 3.42. The van der Waals surface area contributed by atoms with Gasteiger partial charge in [-0.25, -0.2) is 4.98 Å². The molecule has 0 unspecified atom stereocenters. The summed E-state index contributed by atoms with van der Waals surface area (Å²) in [5.74, 6) is 0.764. The van der Waals surface area contributed by atoms with Crippen molar-refractivity contribution in [3.05, 3.63) is 48.4 Å². The predicted octanol–water partition coefficient (Wildman–Crippen LogP) is 3.00. The number of rotatable bonds is 3. The number of ether oxygens (including phenoxy) is 1. The molecule has 0 N–H and O–H groups in total. The van der Waals surface area contributed by atoms with Crippen molar-refractivity contribution in [1.29, 1.82) is 0 Å². The minimum absolute atomic E-state index is 0.496. The molecule has 0 amide bonds. The number of pyridine rings is 1. The van der Waals surface area contributed by atoms with Crippen molar-refractivity contribution in [1.82, 2.24) is 4.98 Å². The molecule has 0 aliphatic rings. The topological polar surface area (TPSA) is 25.4 Å². The van der Waals surface area contributed by atoms with Gasteiger partial charge < -0.3 is 9.64 Å². The maximum Gasteiger partial charge on any atom is 0.214 e. The van der Waals surface area contributed by atoms with Gasteiger partial charge in [-0.1, -0.05) is 18.2 Å². The SMILES string of the molecule is COc1ccccc1N(C)c1cccc(F)n1. The van der Waals surface area contributed by atoms with Gasteiger partial charge in [0, 0.05) is 7.05 Å².